The van der Waals surface area contributed by atoms with Gasteiger partial charge < -0.3 is 4.89 Å². The number of hydrogen-bond donors (Lipinski definition) is 0. The largest absolute Gasteiger partial charge is 0.376 e. The fraction of sp³-hybridized carbons (Fsp3) is 0.364. The molecule has 1 aromatic rings. The van der Waals surface area contributed by atoms with Gasteiger partial charge >= 0.3 is 5.97 Å². The summed E-state index contributed by atoms with van der Waals surface area (Å²) in [6.45, 7) is 2.33. The molecular formula is C11H13O5. The van der Waals surface area contributed by atoms with Gasteiger partial charge in [0.05, 0.1) is 6.61 Å². The molecule has 0 N–H and O–H groups in total. The zero-order chi connectivity index (χ0) is 11.8. The third kappa shape index (κ3) is 3.52. The van der Waals surface area contributed by atoms with Crippen LogP contribution in [0.1, 0.15) is 30.1 Å². The van der Waals surface area contributed by atoms with Crippen LogP contribution in [0.25, 0.3) is 0 Å². The summed E-state index contributed by atoms with van der Waals surface area (Å²) >= 11 is 0. The summed E-state index contributed by atoms with van der Waals surface area (Å²) in [5.74, 6) is -0.811. The molecule has 0 fully saturated rings. The topological polar surface area (TPSA) is 64.7 Å². The lowest BCUT2D eigenvalue weighted by atomic mass is 10.2. The quantitative estimate of drug-likeness (QED) is 0.423. The zero-order valence-corrected chi connectivity index (χ0v) is 8.97. The minimum absolute atomic E-state index is 0.0500. The molecule has 0 atom stereocenters. The van der Waals surface area contributed by atoms with E-state index in [0.29, 0.717) is 6.61 Å². The minimum atomic E-state index is -0.734. The number of hydrogen-bond acceptors (Lipinski definition) is 4. The summed E-state index contributed by atoms with van der Waals surface area (Å²) < 4.78 is 0. The molecular weight excluding hydrogens is 212 g/mol. The SMILES string of the molecule is CCCCOOC(=O)c1ccccc1O[O]. The third-order valence-electron chi connectivity index (χ3n) is 1.91. The van der Waals surface area contributed by atoms with Gasteiger partial charge in [0.25, 0.3) is 0 Å². The first-order valence-electron chi connectivity index (χ1n) is 5.02. The summed E-state index contributed by atoms with van der Waals surface area (Å²) in [6.07, 6.45) is 1.74. The number of benzene rings is 1. The van der Waals surface area contributed by atoms with Gasteiger partial charge in [-0.2, -0.15) is 4.89 Å². The molecule has 0 aliphatic carbocycles. The molecule has 5 nitrogen and oxygen atoms in total. The highest BCUT2D eigenvalue weighted by atomic mass is 17.2. The van der Waals surface area contributed by atoms with Gasteiger partial charge in [-0.05, 0) is 18.6 Å². The van der Waals surface area contributed by atoms with Crippen molar-refractivity contribution < 1.29 is 24.7 Å². The minimum Gasteiger partial charge on any atom is -0.305 e. The van der Waals surface area contributed by atoms with E-state index >= 15 is 0 Å². The molecule has 1 aromatic carbocycles. The maximum atomic E-state index is 11.4. The standard InChI is InChI=1S/C11H13O5/c1-2-3-8-14-16-11(12)9-6-4-5-7-10(9)15-13/h4-7H,2-3,8H2,1H3. The molecule has 0 aliphatic rings. The number of para-hydroxylation sites is 1. The molecule has 0 aliphatic heterocycles. The molecule has 0 saturated carbocycles. The Morgan fingerprint density at radius 2 is 2.06 bits per heavy atom. The van der Waals surface area contributed by atoms with Crippen LogP contribution in [0.15, 0.2) is 24.3 Å². The highest BCUT2D eigenvalue weighted by molar-refractivity contribution is 5.92. The van der Waals surface area contributed by atoms with Gasteiger partial charge in [0, 0.05) is 5.26 Å². The summed E-state index contributed by atoms with van der Waals surface area (Å²) in [6, 6.07) is 6.00. The Morgan fingerprint density at radius 1 is 1.31 bits per heavy atom. The van der Waals surface area contributed by atoms with Crippen molar-refractivity contribution >= 4 is 5.97 Å². The monoisotopic (exact) mass is 225 g/mol. The van der Waals surface area contributed by atoms with E-state index in [0.717, 1.165) is 12.8 Å². The molecule has 87 valence electrons. The van der Waals surface area contributed by atoms with Crippen molar-refractivity contribution in [2.45, 2.75) is 19.8 Å². The van der Waals surface area contributed by atoms with Gasteiger partial charge in [-0.3, -0.25) is 4.89 Å². The Hall–Kier alpha value is -1.59. The van der Waals surface area contributed by atoms with E-state index in [1.54, 1.807) is 12.1 Å². The van der Waals surface area contributed by atoms with Crippen molar-refractivity contribution in [1.29, 1.82) is 0 Å². The zero-order valence-electron chi connectivity index (χ0n) is 8.97. The van der Waals surface area contributed by atoms with E-state index in [1.807, 2.05) is 6.92 Å². The van der Waals surface area contributed by atoms with Crippen LogP contribution in [-0.4, -0.2) is 12.6 Å². The highest BCUT2D eigenvalue weighted by Gasteiger charge is 2.15. The lowest BCUT2D eigenvalue weighted by Crippen LogP contribution is -2.08. The first-order chi connectivity index (χ1) is 7.79. The predicted molar refractivity (Wildman–Crippen MR) is 54.0 cm³/mol. The van der Waals surface area contributed by atoms with Crippen molar-refractivity contribution in [2.75, 3.05) is 6.61 Å². The van der Waals surface area contributed by atoms with Crippen molar-refractivity contribution in [1.82, 2.24) is 0 Å². The number of carbonyl (C=O) groups is 1. The number of rotatable bonds is 6. The Morgan fingerprint density at radius 3 is 2.75 bits per heavy atom. The normalized spacial score (nSPS) is 9.88. The smallest absolute Gasteiger partial charge is 0.305 e. The van der Waals surface area contributed by atoms with Crippen LogP contribution in [0.2, 0.25) is 0 Å². The average Bonchev–Trinajstić information content (AvgIpc) is 2.34. The Kier molecular flexibility index (Phi) is 5.31. The number of unbranched alkanes of at least 4 members (excludes halogenated alkanes) is 1. The fourth-order valence-corrected chi connectivity index (χ4v) is 1.05. The van der Waals surface area contributed by atoms with E-state index in [9.17, 15) is 10.1 Å². The summed E-state index contributed by atoms with van der Waals surface area (Å²) in [5, 5.41) is 10.3. The van der Waals surface area contributed by atoms with Crippen LogP contribution in [0.5, 0.6) is 5.75 Å². The Bertz CT molecular complexity index is 337. The first-order valence-corrected chi connectivity index (χ1v) is 5.02. The maximum Gasteiger partial charge on any atom is 0.376 e. The molecule has 0 saturated heterocycles. The van der Waals surface area contributed by atoms with Crippen LogP contribution in [0, 0.1) is 0 Å². The molecule has 1 radical (unpaired) electrons. The molecule has 0 aromatic heterocycles. The summed E-state index contributed by atoms with van der Waals surface area (Å²) in [5.41, 5.74) is 0.0500. The second kappa shape index (κ2) is 6.81. The van der Waals surface area contributed by atoms with Crippen LogP contribution >= 0.6 is 0 Å². The average molecular weight is 225 g/mol. The first kappa shape index (κ1) is 12.5. The van der Waals surface area contributed by atoms with Crippen molar-refractivity contribution in [3.05, 3.63) is 29.8 Å². The Balaban J connectivity index is 2.52. The number of carbonyl (C=O) groups excluding carboxylic acids is 1. The third-order valence-corrected chi connectivity index (χ3v) is 1.91. The maximum absolute atomic E-state index is 11.4. The van der Waals surface area contributed by atoms with Crippen LogP contribution in [-0.2, 0) is 15.0 Å². The molecule has 0 unspecified atom stereocenters. The molecule has 0 spiro atoms. The van der Waals surface area contributed by atoms with Crippen LogP contribution in [0.3, 0.4) is 0 Å². The lowest BCUT2D eigenvalue weighted by Gasteiger charge is -2.04. The van der Waals surface area contributed by atoms with Gasteiger partial charge in [0.2, 0.25) is 0 Å². The lowest BCUT2D eigenvalue weighted by molar-refractivity contribution is -0.242. The van der Waals surface area contributed by atoms with Gasteiger partial charge in [-0.1, -0.05) is 25.5 Å². The molecule has 0 amide bonds. The second-order valence-electron chi connectivity index (χ2n) is 3.13. The summed E-state index contributed by atoms with van der Waals surface area (Å²) in [4.78, 5) is 24.4. The molecule has 0 heterocycles. The van der Waals surface area contributed by atoms with Crippen molar-refractivity contribution in [3.8, 4) is 5.75 Å². The van der Waals surface area contributed by atoms with E-state index in [-0.39, 0.29) is 11.3 Å². The van der Waals surface area contributed by atoms with Crippen LogP contribution in [0.4, 0.5) is 0 Å². The van der Waals surface area contributed by atoms with Crippen LogP contribution < -0.4 is 4.89 Å². The van der Waals surface area contributed by atoms with E-state index < -0.39 is 5.97 Å². The van der Waals surface area contributed by atoms with Gasteiger partial charge in [0.1, 0.15) is 5.56 Å². The van der Waals surface area contributed by atoms with E-state index in [4.69, 9.17) is 0 Å². The molecule has 0 bridgehead atoms. The van der Waals surface area contributed by atoms with Gasteiger partial charge in [-0.25, -0.2) is 4.79 Å². The highest BCUT2D eigenvalue weighted by Crippen LogP contribution is 2.18. The van der Waals surface area contributed by atoms with E-state index in [1.165, 1.54) is 12.1 Å². The molecule has 5 heteroatoms. The van der Waals surface area contributed by atoms with E-state index in [2.05, 4.69) is 14.7 Å². The molecule has 1 rings (SSSR count). The van der Waals surface area contributed by atoms with Crippen molar-refractivity contribution in [2.24, 2.45) is 0 Å². The van der Waals surface area contributed by atoms with Gasteiger partial charge in [-0.15, -0.1) is 0 Å². The Labute approximate surface area is 93.4 Å². The van der Waals surface area contributed by atoms with Gasteiger partial charge in [0.15, 0.2) is 5.75 Å². The predicted octanol–water partition coefficient (Wildman–Crippen LogP) is 2.30. The summed E-state index contributed by atoms with van der Waals surface area (Å²) in [7, 11) is 0. The fourth-order valence-electron chi connectivity index (χ4n) is 1.05. The second-order valence-corrected chi connectivity index (χ2v) is 3.13. The van der Waals surface area contributed by atoms with Crippen molar-refractivity contribution in [3.63, 3.8) is 0 Å². The molecule has 16 heavy (non-hydrogen) atoms.